The van der Waals surface area contributed by atoms with Crippen molar-refractivity contribution < 1.29 is 4.79 Å². The molecule has 2 amide bonds. The summed E-state index contributed by atoms with van der Waals surface area (Å²) in [5, 5.41) is 11.8. The fourth-order valence-corrected chi connectivity index (χ4v) is 3.53. The predicted molar refractivity (Wildman–Crippen MR) is 106 cm³/mol. The van der Waals surface area contributed by atoms with Crippen LogP contribution in [0.4, 0.5) is 4.79 Å². The summed E-state index contributed by atoms with van der Waals surface area (Å²) in [5.41, 5.74) is 2.96. The minimum Gasteiger partial charge on any atom is -0.334 e. The van der Waals surface area contributed by atoms with Gasteiger partial charge in [0.1, 0.15) is 0 Å². The first-order chi connectivity index (χ1) is 13.1. The Bertz CT molecular complexity index is 782. The molecule has 2 aromatic carbocycles. The zero-order chi connectivity index (χ0) is 19.1. The summed E-state index contributed by atoms with van der Waals surface area (Å²) < 4.78 is 0. The molecule has 2 aromatic rings. The second-order valence-electron chi connectivity index (χ2n) is 7.22. The lowest BCUT2D eigenvalue weighted by Gasteiger charge is -2.22. The maximum absolute atomic E-state index is 12.3. The van der Waals surface area contributed by atoms with Gasteiger partial charge in [0.05, 0.1) is 11.6 Å². The largest absolute Gasteiger partial charge is 0.334 e. The van der Waals surface area contributed by atoms with E-state index >= 15 is 0 Å². The van der Waals surface area contributed by atoms with Crippen LogP contribution in [-0.4, -0.2) is 42.5 Å². The Balaban J connectivity index is 1.41. The molecule has 0 unspecified atom stereocenters. The Morgan fingerprint density at radius 3 is 2.63 bits per heavy atom. The van der Waals surface area contributed by atoms with E-state index in [1.165, 1.54) is 5.56 Å². The van der Waals surface area contributed by atoms with Crippen molar-refractivity contribution in [3.8, 4) is 6.07 Å². The van der Waals surface area contributed by atoms with Gasteiger partial charge in [0, 0.05) is 33.2 Å². The molecule has 1 saturated heterocycles. The highest BCUT2D eigenvalue weighted by Gasteiger charge is 2.24. The molecule has 140 valence electrons. The van der Waals surface area contributed by atoms with Crippen LogP contribution in [0.5, 0.6) is 0 Å². The van der Waals surface area contributed by atoms with Gasteiger partial charge in [-0.3, -0.25) is 4.90 Å². The number of carbonyl (C=O) groups is 1. The fraction of sp³-hybridized carbons (Fsp3) is 0.364. The van der Waals surface area contributed by atoms with E-state index in [9.17, 15) is 4.79 Å². The van der Waals surface area contributed by atoms with Gasteiger partial charge in [0.25, 0.3) is 0 Å². The first-order valence-electron chi connectivity index (χ1n) is 9.38. The van der Waals surface area contributed by atoms with Gasteiger partial charge < -0.3 is 10.2 Å². The normalized spacial score (nSPS) is 16.7. The van der Waals surface area contributed by atoms with Crippen molar-refractivity contribution in [1.82, 2.24) is 15.1 Å². The molecule has 5 heteroatoms. The van der Waals surface area contributed by atoms with E-state index in [1.54, 1.807) is 17.0 Å². The Kier molecular flexibility index (Phi) is 6.45. The highest BCUT2D eigenvalue weighted by molar-refractivity contribution is 5.73. The number of hydrogen-bond donors (Lipinski definition) is 1. The van der Waals surface area contributed by atoms with Crippen LogP contribution in [0.15, 0.2) is 54.6 Å². The van der Waals surface area contributed by atoms with Crippen molar-refractivity contribution in [1.29, 1.82) is 5.26 Å². The van der Waals surface area contributed by atoms with Crippen molar-refractivity contribution in [2.24, 2.45) is 5.92 Å². The van der Waals surface area contributed by atoms with Gasteiger partial charge in [0.15, 0.2) is 0 Å². The Morgan fingerprint density at radius 1 is 1.19 bits per heavy atom. The number of nitrogens with zero attached hydrogens (tertiary/aromatic N) is 3. The molecule has 5 nitrogen and oxygen atoms in total. The van der Waals surface area contributed by atoms with E-state index in [4.69, 9.17) is 5.26 Å². The van der Waals surface area contributed by atoms with E-state index in [-0.39, 0.29) is 6.03 Å². The molecule has 1 heterocycles. The van der Waals surface area contributed by atoms with Crippen molar-refractivity contribution in [2.45, 2.75) is 19.5 Å². The van der Waals surface area contributed by atoms with Crippen LogP contribution in [0.3, 0.4) is 0 Å². The van der Waals surface area contributed by atoms with Crippen LogP contribution in [0.1, 0.15) is 23.1 Å². The van der Waals surface area contributed by atoms with Gasteiger partial charge >= 0.3 is 6.03 Å². The van der Waals surface area contributed by atoms with Gasteiger partial charge in [-0.05, 0) is 42.1 Å². The number of urea groups is 1. The predicted octanol–water partition coefficient (Wildman–Crippen LogP) is 3.22. The maximum Gasteiger partial charge on any atom is 0.317 e. The molecule has 1 aliphatic heterocycles. The van der Waals surface area contributed by atoms with Crippen molar-refractivity contribution >= 4 is 6.03 Å². The topological polar surface area (TPSA) is 59.4 Å². The molecule has 0 bridgehead atoms. The molecule has 0 saturated carbocycles. The summed E-state index contributed by atoms with van der Waals surface area (Å²) in [6.45, 7) is 4.33. The SMILES string of the molecule is CN(C[C@@H]1CCN(Cc2ccccc2)C1)C(=O)NCc1ccc(C#N)cc1. The average molecular weight is 362 g/mol. The van der Waals surface area contributed by atoms with Crippen LogP contribution >= 0.6 is 0 Å². The molecule has 3 rings (SSSR count). The molecule has 1 N–H and O–H groups in total. The van der Waals surface area contributed by atoms with Crippen molar-refractivity contribution in [3.63, 3.8) is 0 Å². The fourth-order valence-electron chi connectivity index (χ4n) is 3.53. The van der Waals surface area contributed by atoms with E-state index in [1.807, 2.05) is 25.2 Å². The highest BCUT2D eigenvalue weighted by atomic mass is 16.2. The number of benzene rings is 2. The molecule has 0 aliphatic carbocycles. The second-order valence-corrected chi connectivity index (χ2v) is 7.22. The third kappa shape index (κ3) is 5.57. The zero-order valence-corrected chi connectivity index (χ0v) is 15.8. The third-order valence-corrected chi connectivity index (χ3v) is 5.02. The molecule has 0 radical (unpaired) electrons. The highest BCUT2D eigenvalue weighted by Crippen LogP contribution is 2.19. The Labute approximate surface area is 161 Å². The molecular formula is C22H26N4O. The van der Waals surface area contributed by atoms with Gasteiger partial charge in [-0.2, -0.15) is 5.26 Å². The number of hydrogen-bond acceptors (Lipinski definition) is 3. The number of nitriles is 1. The lowest BCUT2D eigenvalue weighted by molar-refractivity contribution is 0.199. The van der Waals surface area contributed by atoms with Gasteiger partial charge in [-0.1, -0.05) is 42.5 Å². The molecule has 0 aromatic heterocycles. The number of likely N-dealkylation sites (tertiary alicyclic amines) is 1. The summed E-state index contributed by atoms with van der Waals surface area (Å²) in [6.07, 6.45) is 1.13. The van der Waals surface area contributed by atoms with Crippen molar-refractivity contribution in [3.05, 3.63) is 71.3 Å². The summed E-state index contributed by atoms with van der Waals surface area (Å²) in [6, 6.07) is 19.8. The van der Waals surface area contributed by atoms with E-state index in [0.717, 1.165) is 38.2 Å². The lowest BCUT2D eigenvalue weighted by Crippen LogP contribution is -2.40. The number of amides is 2. The first kappa shape index (κ1) is 18.9. The summed E-state index contributed by atoms with van der Waals surface area (Å²) in [5.74, 6) is 0.513. The summed E-state index contributed by atoms with van der Waals surface area (Å²) >= 11 is 0. The minimum atomic E-state index is -0.0548. The van der Waals surface area contributed by atoms with Crippen LogP contribution in [0.25, 0.3) is 0 Å². The molecule has 1 atom stereocenters. The lowest BCUT2D eigenvalue weighted by atomic mass is 10.1. The Hall–Kier alpha value is -2.84. The molecule has 27 heavy (non-hydrogen) atoms. The zero-order valence-electron chi connectivity index (χ0n) is 15.8. The second kappa shape index (κ2) is 9.20. The average Bonchev–Trinajstić information content (AvgIpc) is 3.14. The molecular weight excluding hydrogens is 336 g/mol. The van der Waals surface area contributed by atoms with Crippen LogP contribution < -0.4 is 5.32 Å². The first-order valence-corrected chi connectivity index (χ1v) is 9.38. The Morgan fingerprint density at radius 2 is 1.93 bits per heavy atom. The monoisotopic (exact) mass is 362 g/mol. The van der Waals surface area contributed by atoms with E-state index < -0.39 is 0 Å². The number of carbonyl (C=O) groups excluding carboxylic acids is 1. The standard InChI is InChI=1S/C22H26N4O/c1-25(22(27)24-14-19-9-7-18(13-23)8-10-19)15-21-11-12-26(17-21)16-20-5-3-2-4-6-20/h2-10,21H,11-12,14-17H2,1H3,(H,24,27)/t21-/m0/s1. The number of rotatable bonds is 6. The van der Waals surface area contributed by atoms with E-state index in [0.29, 0.717) is 18.0 Å². The molecule has 0 spiro atoms. The molecule has 1 aliphatic rings. The summed E-state index contributed by atoms with van der Waals surface area (Å²) in [4.78, 5) is 16.6. The molecule has 1 fully saturated rings. The summed E-state index contributed by atoms with van der Waals surface area (Å²) in [7, 11) is 1.86. The third-order valence-electron chi connectivity index (χ3n) is 5.02. The smallest absolute Gasteiger partial charge is 0.317 e. The minimum absolute atomic E-state index is 0.0548. The quantitative estimate of drug-likeness (QED) is 0.858. The van der Waals surface area contributed by atoms with Gasteiger partial charge in [0.2, 0.25) is 0 Å². The van der Waals surface area contributed by atoms with Crippen LogP contribution in [0.2, 0.25) is 0 Å². The van der Waals surface area contributed by atoms with Crippen LogP contribution in [0, 0.1) is 17.2 Å². The maximum atomic E-state index is 12.3. The van der Waals surface area contributed by atoms with Gasteiger partial charge in [-0.15, -0.1) is 0 Å². The van der Waals surface area contributed by atoms with Crippen molar-refractivity contribution in [2.75, 3.05) is 26.7 Å². The van der Waals surface area contributed by atoms with Gasteiger partial charge in [-0.25, -0.2) is 4.79 Å². The van der Waals surface area contributed by atoms with E-state index in [2.05, 4.69) is 40.6 Å². The number of nitrogens with one attached hydrogen (secondary N) is 1. The van der Waals surface area contributed by atoms with Crippen LogP contribution in [-0.2, 0) is 13.1 Å².